The summed E-state index contributed by atoms with van der Waals surface area (Å²) in [7, 11) is 0. The van der Waals surface area contributed by atoms with E-state index in [1.54, 1.807) is 0 Å². The summed E-state index contributed by atoms with van der Waals surface area (Å²) in [4.78, 5) is 4.63. The highest BCUT2D eigenvalue weighted by Gasteiger charge is 2.44. The quantitative estimate of drug-likeness (QED) is 0.836. The lowest BCUT2D eigenvalue weighted by atomic mass is 9.75. The molecule has 0 N–H and O–H groups in total. The van der Waals surface area contributed by atoms with Crippen LogP contribution in [-0.4, -0.2) is 10.1 Å². The van der Waals surface area contributed by atoms with Crippen molar-refractivity contribution in [1.82, 2.24) is 10.1 Å². The Hall–Kier alpha value is -2.15. The maximum absolute atomic E-state index is 8.93. The van der Waals surface area contributed by atoms with Gasteiger partial charge in [0.25, 0.3) is 0 Å². The first-order valence-electron chi connectivity index (χ1n) is 7.54. The third kappa shape index (κ3) is 2.23. The van der Waals surface area contributed by atoms with Crippen molar-refractivity contribution < 1.29 is 4.52 Å². The molecule has 1 aliphatic rings. The number of hydrogen-bond acceptors (Lipinski definition) is 4. The molecule has 4 heteroatoms. The van der Waals surface area contributed by atoms with Gasteiger partial charge in [-0.1, -0.05) is 49.3 Å². The van der Waals surface area contributed by atoms with Crippen molar-refractivity contribution in [2.45, 2.75) is 44.4 Å². The van der Waals surface area contributed by atoms with Crippen LogP contribution in [0.5, 0.6) is 0 Å². The minimum atomic E-state index is -0.208. The Bertz CT molecular complexity index is 652. The predicted octanol–water partition coefficient (Wildman–Crippen LogP) is 3.80. The van der Waals surface area contributed by atoms with Crippen LogP contribution in [0.4, 0.5) is 0 Å². The maximum Gasteiger partial charge on any atom is 0.231 e. The van der Waals surface area contributed by atoms with E-state index in [-0.39, 0.29) is 17.3 Å². The standard InChI is InChI=1S/C17H19N3O/c1-3-17(4-2,13-8-6-5-7-9-13)16-19-15(21-20-16)14-10-12(14)11-18/h5-9,12,14H,3-4,10H2,1-2H3. The fourth-order valence-electron chi connectivity index (χ4n) is 3.05. The third-order valence-electron chi connectivity index (χ3n) is 4.68. The molecule has 1 aliphatic carbocycles. The summed E-state index contributed by atoms with van der Waals surface area (Å²) in [6.07, 6.45) is 2.67. The molecule has 0 radical (unpaired) electrons. The van der Waals surface area contributed by atoms with E-state index in [0.29, 0.717) is 5.89 Å². The molecule has 0 amide bonds. The first-order chi connectivity index (χ1) is 10.2. The Balaban J connectivity index is 1.97. The SMILES string of the molecule is CCC(CC)(c1ccccc1)c1noc(C2CC2C#N)n1. The van der Waals surface area contributed by atoms with Crippen molar-refractivity contribution in [1.29, 1.82) is 5.26 Å². The Morgan fingerprint density at radius 3 is 2.57 bits per heavy atom. The van der Waals surface area contributed by atoms with Gasteiger partial charge in [0.15, 0.2) is 5.82 Å². The lowest BCUT2D eigenvalue weighted by Gasteiger charge is -2.28. The summed E-state index contributed by atoms with van der Waals surface area (Å²) < 4.78 is 5.44. The van der Waals surface area contributed by atoms with E-state index in [0.717, 1.165) is 25.1 Å². The molecule has 108 valence electrons. The van der Waals surface area contributed by atoms with Crippen LogP contribution >= 0.6 is 0 Å². The molecular formula is C17H19N3O. The van der Waals surface area contributed by atoms with Gasteiger partial charge in [0.05, 0.1) is 23.3 Å². The van der Waals surface area contributed by atoms with Crippen LogP contribution in [0.1, 0.15) is 56.3 Å². The van der Waals surface area contributed by atoms with Crippen LogP contribution in [-0.2, 0) is 5.41 Å². The highest BCUT2D eigenvalue weighted by Crippen LogP contribution is 2.47. The van der Waals surface area contributed by atoms with E-state index in [4.69, 9.17) is 9.78 Å². The van der Waals surface area contributed by atoms with Crippen molar-refractivity contribution in [2.24, 2.45) is 5.92 Å². The summed E-state index contributed by atoms with van der Waals surface area (Å²) in [6.45, 7) is 4.31. The zero-order valence-corrected chi connectivity index (χ0v) is 12.4. The summed E-state index contributed by atoms with van der Waals surface area (Å²) >= 11 is 0. The average molecular weight is 281 g/mol. The summed E-state index contributed by atoms with van der Waals surface area (Å²) in [5.41, 5.74) is 1.01. The number of hydrogen-bond donors (Lipinski definition) is 0. The molecule has 2 unspecified atom stereocenters. The van der Waals surface area contributed by atoms with Crippen molar-refractivity contribution in [3.8, 4) is 6.07 Å². The largest absolute Gasteiger partial charge is 0.339 e. The molecule has 3 rings (SSSR count). The van der Waals surface area contributed by atoms with Crippen LogP contribution < -0.4 is 0 Å². The number of nitriles is 1. The number of rotatable bonds is 5. The summed E-state index contributed by atoms with van der Waals surface area (Å²) in [5, 5.41) is 13.2. The monoisotopic (exact) mass is 281 g/mol. The zero-order valence-electron chi connectivity index (χ0n) is 12.4. The van der Waals surface area contributed by atoms with Crippen molar-refractivity contribution in [2.75, 3.05) is 0 Å². The van der Waals surface area contributed by atoms with Gasteiger partial charge < -0.3 is 4.52 Å². The number of benzene rings is 1. The van der Waals surface area contributed by atoms with Gasteiger partial charge in [-0.3, -0.25) is 0 Å². The van der Waals surface area contributed by atoms with Crippen LogP contribution in [0.2, 0.25) is 0 Å². The van der Waals surface area contributed by atoms with Gasteiger partial charge >= 0.3 is 0 Å². The van der Waals surface area contributed by atoms with Crippen LogP contribution in [0.15, 0.2) is 34.9 Å². The highest BCUT2D eigenvalue weighted by molar-refractivity contribution is 5.32. The van der Waals surface area contributed by atoms with E-state index in [1.165, 1.54) is 5.56 Å². The van der Waals surface area contributed by atoms with Gasteiger partial charge in [0.2, 0.25) is 5.89 Å². The van der Waals surface area contributed by atoms with Crippen LogP contribution in [0.25, 0.3) is 0 Å². The molecule has 1 saturated carbocycles. The Morgan fingerprint density at radius 1 is 1.29 bits per heavy atom. The van der Waals surface area contributed by atoms with E-state index in [1.807, 2.05) is 18.2 Å². The van der Waals surface area contributed by atoms with Gasteiger partial charge in [0.1, 0.15) is 0 Å². The molecule has 0 spiro atoms. The summed E-state index contributed by atoms with van der Waals surface area (Å²) in [6, 6.07) is 12.6. The Morgan fingerprint density at radius 2 is 2.00 bits per heavy atom. The molecule has 2 aromatic rings. The minimum absolute atomic E-state index is 0.0488. The second-order valence-corrected chi connectivity index (χ2v) is 5.69. The van der Waals surface area contributed by atoms with E-state index < -0.39 is 0 Å². The molecule has 1 heterocycles. The van der Waals surface area contributed by atoms with Crippen molar-refractivity contribution in [3.63, 3.8) is 0 Å². The predicted molar refractivity (Wildman–Crippen MR) is 78.6 cm³/mol. The highest BCUT2D eigenvalue weighted by atomic mass is 16.5. The second kappa shape index (κ2) is 5.33. The second-order valence-electron chi connectivity index (χ2n) is 5.69. The van der Waals surface area contributed by atoms with Crippen LogP contribution in [0.3, 0.4) is 0 Å². The Labute approximate surface area is 124 Å². The smallest absolute Gasteiger partial charge is 0.231 e. The average Bonchev–Trinajstić information content (AvgIpc) is 3.18. The summed E-state index contributed by atoms with van der Waals surface area (Å²) in [5.74, 6) is 1.56. The third-order valence-corrected chi connectivity index (χ3v) is 4.68. The van der Waals surface area contributed by atoms with Gasteiger partial charge in [-0.15, -0.1) is 0 Å². The lowest BCUT2D eigenvalue weighted by molar-refractivity contribution is 0.353. The van der Waals surface area contributed by atoms with Gasteiger partial charge in [-0.05, 0) is 24.8 Å². The molecule has 1 fully saturated rings. The van der Waals surface area contributed by atoms with Crippen molar-refractivity contribution in [3.05, 3.63) is 47.6 Å². The van der Waals surface area contributed by atoms with Crippen molar-refractivity contribution >= 4 is 0 Å². The molecule has 0 saturated heterocycles. The fourth-order valence-corrected chi connectivity index (χ4v) is 3.05. The Kier molecular flexibility index (Phi) is 3.50. The number of nitrogens with zero attached hydrogens (tertiary/aromatic N) is 3. The molecule has 1 aromatic carbocycles. The van der Waals surface area contributed by atoms with Gasteiger partial charge in [-0.25, -0.2) is 0 Å². The molecule has 1 aromatic heterocycles. The van der Waals surface area contributed by atoms with E-state index in [2.05, 4.69) is 42.2 Å². The molecule has 2 atom stereocenters. The zero-order chi connectivity index (χ0) is 14.9. The van der Waals surface area contributed by atoms with Gasteiger partial charge in [0, 0.05) is 0 Å². The topological polar surface area (TPSA) is 62.7 Å². The molecular weight excluding hydrogens is 262 g/mol. The lowest BCUT2D eigenvalue weighted by Crippen LogP contribution is -2.27. The van der Waals surface area contributed by atoms with Crippen LogP contribution in [0, 0.1) is 17.2 Å². The molecule has 4 nitrogen and oxygen atoms in total. The fraction of sp³-hybridized carbons (Fsp3) is 0.471. The molecule has 0 aliphatic heterocycles. The normalized spacial score (nSPS) is 21.0. The number of aromatic nitrogens is 2. The minimum Gasteiger partial charge on any atom is -0.339 e. The van der Waals surface area contributed by atoms with E-state index >= 15 is 0 Å². The molecule has 0 bridgehead atoms. The van der Waals surface area contributed by atoms with E-state index in [9.17, 15) is 0 Å². The van der Waals surface area contributed by atoms with Gasteiger partial charge in [-0.2, -0.15) is 10.2 Å². The molecule has 21 heavy (non-hydrogen) atoms. The first kappa shape index (κ1) is 13.8. The first-order valence-corrected chi connectivity index (χ1v) is 7.54. The maximum atomic E-state index is 8.93.